The zero-order valence-corrected chi connectivity index (χ0v) is 11.9. The van der Waals surface area contributed by atoms with E-state index >= 15 is 0 Å². The van der Waals surface area contributed by atoms with E-state index in [0.717, 1.165) is 23.9 Å². The molecule has 3 N–H and O–H groups in total. The van der Waals surface area contributed by atoms with Gasteiger partial charge >= 0.3 is 0 Å². The normalized spacial score (nSPS) is 27.9. The number of para-hydroxylation sites is 2. The third-order valence-electron chi connectivity index (χ3n) is 4.69. The highest BCUT2D eigenvalue weighted by molar-refractivity contribution is 5.91. The van der Waals surface area contributed by atoms with Crippen LogP contribution in [0, 0.1) is 5.92 Å². The number of hydrogen-bond acceptors (Lipinski definition) is 3. The van der Waals surface area contributed by atoms with Gasteiger partial charge in [0.2, 0.25) is 11.9 Å². The maximum absolute atomic E-state index is 12.2. The number of hydrogen-bond donors (Lipinski definition) is 3. The first-order valence-corrected chi connectivity index (χ1v) is 7.77. The molecule has 0 spiro atoms. The van der Waals surface area contributed by atoms with Gasteiger partial charge in [0.05, 0.1) is 11.0 Å². The second-order valence-corrected chi connectivity index (χ2v) is 6.33. The van der Waals surface area contributed by atoms with Crippen LogP contribution >= 0.6 is 0 Å². The number of benzene rings is 1. The summed E-state index contributed by atoms with van der Waals surface area (Å²) in [4.78, 5) is 19.7. The van der Waals surface area contributed by atoms with E-state index < -0.39 is 0 Å². The first-order valence-electron chi connectivity index (χ1n) is 7.77. The van der Waals surface area contributed by atoms with Gasteiger partial charge in [-0.3, -0.25) is 10.1 Å². The Bertz CT molecular complexity index is 620. The molecule has 2 aromatic rings. The molecule has 21 heavy (non-hydrogen) atoms. The molecule has 2 aliphatic heterocycles. The van der Waals surface area contributed by atoms with E-state index in [1.807, 2.05) is 24.3 Å². The van der Waals surface area contributed by atoms with Gasteiger partial charge in [-0.2, -0.15) is 0 Å². The Hall–Kier alpha value is -1.88. The fraction of sp³-hybridized carbons (Fsp3) is 0.500. The van der Waals surface area contributed by atoms with Gasteiger partial charge < -0.3 is 10.3 Å². The van der Waals surface area contributed by atoms with Crippen molar-refractivity contribution in [2.45, 2.75) is 44.2 Å². The average Bonchev–Trinajstić information content (AvgIpc) is 3.01. The molecule has 4 rings (SSSR count). The van der Waals surface area contributed by atoms with Crippen molar-refractivity contribution in [1.29, 1.82) is 0 Å². The Morgan fingerprint density at radius 3 is 2.76 bits per heavy atom. The number of nitrogens with one attached hydrogen (secondary N) is 3. The number of piperidine rings is 1. The lowest BCUT2D eigenvalue weighted by Gasteiger charge is -2.28. The van der Waals surface area contributed by atoms with E-state index in [9.17, 15) is 4.79 Å². The number of fused-ring (bicyclic) bond motifs is 3. The molecule has 5 nitrogen and oxygen atoms in total. The first-order chi connectivity index (χ1) is 10.3. The minimum absolute atomic E-state index is 0.0698. The summed E-state index contributed by atoms with van der Waals surface area (Å²) in [6.07, 6.45) is 5.40. The standard InChI is InChI=1S/C16H20N4O/c21-15(9-10-7-11-5-6-12(8-10)17-11)20-16-18-13-3-1-2-4-14(13)19-16/h1-4,10-12,17H,5-9H2,(H2,18,19,20,21). The Morgan fingerprint density at radius 1 is 1.24 bits per heavy atom. The van der Waals surface area contributed by atoms with Gasteiger partial charge in [-0.15, -0.1) is 0 Å². The molecule has 0 aliphatic carbocycles. The van der Waals surface area contributed by atoms with Crippen molar-refractivity contribution in [3.8, 4) is 0 Å². The lowest BCUT2D eigenvalue weighted by atomic mass is 9.89. The van der Waals surface area contributed by atoms with Gasteiger partial charge in [0.1, 0.15) is 0 Å². The zero-order valence-electron chi connectivity index (χ0n) is 11.9. The number of anilines is 1. The molecule has 2 unspecified atom stereocenters. The maximum Gasteiger partial charge on any atom is 0.226 e. The van der Waals surface area contributed by atoms with E-state index in [0.29, 0.717) is 30.4 Å². The van der Waals surface area contributed by atoms with E-state index in [4.69, 9.17) is 0 Å². The molecule has 1 amide bonds. The van der Waals surface area contributed by atoms with Gasteiger partial charge in [-0.25, -0.2) is 4.98 Å². The fourth-order valence-corrected chi connectivity index (χ4v) is 3.80. The number of carbonyl (C=O) groups excluding carboxylic acids is 1. The number of amides is 1. The van der Waals surface area contributed by atoms with Crippen molar-refractivity contribution >= 4 is 22.9 Å². The summed E-state index contributed by atoms with van der Waals surface area (Å²) in [5, 5.41) is 6.51. The van der Waals surface area contributed by atoms with Crippen LogP contribution in [0.5, 0.6) is 0 Å². The van der Waals surface area contributed by atoms with Crippen molar-refractivity contribution in [2.75, 3.05) is 5.32 Å². The quantitative estimate of drug-likeness (QED) is 0.810. The third kappa shape index (κ3) is 2.65. The van der Waals surface area contributed by atoms with E-state index in [2.05, 4.69) is 20.6 Å². The largest absolute Gasteiger partial charge is 0.324 e. The third-order valence-corrected chi connectivity index (χ3v) is 4.69. The highest BCUT2D eigenvalue weighted by Gasteiger charge is 2.34. The zero-order chi connectivity index (χ0) is 14.2. The van der Waals surface area contributed by atoms with Crippen LogP contribution in [0.3, 0.4) is 0 Å². The maximum atomic E-state index is 12.2. The van der Waals surface area contributed by atoms with Crippen LogP contribution in [-0.4, -0.2) is 28.0 Å². The predicted octanol–water partition coefficient (Wildman–Crippen LogP) is 2.42. The highest BCUT2D eigenvalue weighted by atomic mass is 16.1. The second-order valence-electron chi connectivity index (χ2n) is 6.33. The van der Waals surface area contributed by atoms with Gasteiger partial charge in [0.15, 0.2) is 0 Å². The summed E-state index contributed by atoms with van der Waals surface area (Å²) >= 11 is 0. The summed E-state index contributed by atoms with van der Waals surface area (Å²) in [6.45, 7) is 0. The van der Waals surface area contributed by atoms with Crippen molar-refractivity contribution < 1.29 is 4.79 Å². The molecule has 5 heteroatoms. The van der Waals surface area contributed by atoms with Crippen LogP contribution in [0.1, 0.15) is 32.1 Å². The molecule has 2 atom stereocenters. The molecule has 2 bridgehead atoms. The molecule has 0 saturated carbocycles. The van der Waals surface area contributed by atoms with Crippen LogP contribution in [0.25, 0.3) is 11.0 Å². The van der Waals surface area contributed by atoms with E-state index in [1.165, 1.54) is 12.8 Å². The predicted molar refractivity (Wildman–Crippen MR) is 82.0 cm³/mol. The summed E-state index contributed by atoms with van der Waals surface area (Å²) in [5.74, 6) is 1.13. The molecule has 1 aromatic heterocycles. The topological polar surface area (TPSA) is 69.8 Å². The number of nitrogens with zero attached hydrogens (tertiary/aromatic N) is 1. The van der Waals surface area contributed by atoms with Crippen LogP contribution in [0.15, 0.2) is 24.3 Å². The number of aromatic amines is 1. The van der Waals surface area contributed by atoms with Crippen LogP contribution < -0.4 is 10.6 Å². The summed E-state index contributed by atoms with van der Waals surface area (Å²) in [7, 11) is 0. The second kappa shape index (κ2) is 5.15. The Morgan fingerprint density at radius 2 is 2.00 bits per heavy atom. The molecule has 2 aliphatic rings. The molecular formula is C16H20N4O. The van der Waals surface area contributed by atoms with Crippen LogP contribution in [-0.2, 0) is 4.79 Å². The molecule has 2 fully saturated rings. The molecule has 2 saturated heterocycles. The van der Waals surface area contributed by atoms with Crippen molar-refractivity contribution in [1.82, 2.24) is 15.3 Å². The molecular weight excluding hydrogens is 264 g/mol. The summed E-state index contributed by atoms with van der Waals surface area (Å²) in [6, 6.07) is 9.06. The molecule has 1 aromatic carbocycles. The fourth-order valence-electron chi connectivity index (χ4n) is 3.80. The Balaban J connectivity index is 1.39. The smallest absolute Gasteiger partial charge is 0.226 e. The minimum atomic E-state index is 0.0698. The first kappa shape index (κ1) is 12.8. The monoisotopic (exact) mass is 284 g/mol. The van der Waals surface area contributed by atoms with Gasteiger partial charge in [-0.1, -0.05) is 12.1 Å². The van der Waals surface area contributed by atoms with Crippen LogP contribution in [0.4, 0.5) is 5.95 Å². The van der Waals surface area contributed by atoms with E-state index in [1.54, 1.807) is 0 Å². The Labute approximate surface area is 123 Å². The highest BCUT2D eigenvalue weighted by Crippen LogP contribution is 2.32. The minimum Gasteiger partial charge on any atom is -0.324 e. The SMILES string of the molecule is O=C(CC1CC2CCC(C1)N2)Nc1nc2ccccc2[nH]1. The van der Waals surface area contributed by atoms with Gasteiger partial charge in [0.25, 0.3) is 0 Å². The lowest BCUT2D eigenvalue weighted by Crippen LogP contribution is -2.39. The average molecular weight is 284 g/mol. The van der Waals surface area contributed by atoms with Crippen LogP contribution in [0.2, 0.25) is 0 Å². The Kier molecular flexibility index (Phi) is 3.15. The number of carbonyl (C=O) groups is 1. The van der Waals surface area contributed by atoms with Crippen molar-refractivity contribution in [3.63, 3.8) is 0 Å². The van der Waals surface area contributed by atoms with E-state index in [-0.39, 0.29) is 5.91 Å². The molecule has 3 heterocycles. The number of rotatable bonds is 3. The number of H-pyrrole nitrogens is 1. The summed E-state index contributed by atoms with van der Waals surface area (Å²) < 4.78 is 0. The van der Waals surface area contributed by atoms with Gasteiger partial charge in [-0.05, 0) is 43.7 Å². The molecule has 110 valence electrons. The lowest BCUT2D eigenvalue weighted by molar-refractivity contribution is -0.117. The van der Waals surface area contributed by atoms with Crippen molar-refractivity contribution in [3.05, 3.63) is 24.3 Å². The number of aromatic nitrogens is 2. The molecule has 0 radical (unpaired) electrons. The number of imidazole rings is 1. The summed E-state index contributed by atoms with van der Waals surface area (Å²) in [5.41, 5.74) is 1.83. The van der Waals surface area contributed by atoms with Gasteiger partial charge in [0, 0.05) is 18.5 Å². The van der Waals surface area contributed by atoms with Crippen molar-refractivity contribution in [2.24, 2.45) is 5.92 Å².